The molecule has 6 heterocycles. The van der Waals surface area contributed by atoms with E-state index in [0.717, 1.165) is 29.3 Å². The summed E-state index contributed by atoms with van der Waals surface area (Å²) in [7, 11) is 5.92. The zero-order valence-corrected chi connectivity index (χ0v) is 34.8. The van der Waals surface area contributed by atoms with E-state index in [1.807, 2.05) is 61.4 Å². The fraction of sp³-hybridized carbons (Fsp3) is 0.600. The van der Waals surface area contributed by atoms with Gasteiger partial charge in [-0.3, -0.25) is 24.4 Å². The summed E-state index contributed by atoms with van der Waals surface area (Å²) in [6, 6.07) is 2.53. The minimum absolute atomic E-state index is 0.137. The third-order valence-electron chi connectivity index (χ3n) is 15.3. The second-order valence-electron chi connectivity index (χ2n) is 18.1. The Balaban J connectivity index is 1.34. The molecule has 1 unspecified atom stereocenters. The first kappa shape index (κ1) is 40.0. The minimum Gasteiger partial charge on any atom is -0.496 e. The molecular formula is C45H54F2N4O8. The number of methoxy groups -OCH3 is 3. The van der Waals surface area contributed by atoms with Gasteiger partial charge in [-0.05, 0) is 62.3 Å². The molecular weight excluding hydrogens is 763 g/mol. The smallest absolute Gasteiger partial charge is 0.344 e. The number of ether oxygens (including phenoxy) is 4. The first-order valence-corrected chi connectivity index (χ1v) is 20.8. The SMILES string of the molecule is CC[C@@]12C=CCN3CC[C@@]4(c5cc([C@]6(C(=O)OC)C[C@H]7C[C@H](C(C)(F)F)CN(CC8=C6N=C6CC=CC=C68)C7)c(OC)cc5N(C)[C@H]4[C@@](O)(C(=O)OC)[C@@H]1OC(C)=O)[C@H]32. The van der Waals surface area contributed by atoms with Gasteiger partial charge in [0.25, 0.3) is 0 Å². The van der Waals surface area contributed by atoms with Crippen molar-refractivity contribution in [3.63, 3.8) is 0 Å². The van der Waals surface area contributed by atoms with Crippen molar-refractivity contribution < 1.29 is 47.2 Å². The number of hydrogen-bond acceptors (Lipinski definition) is 12. The Kier molecular flexibility index (Phi) is 9.20. The minimum atomic E-state index is -2.94. The van der Waals surface area contributed by atoms with E-state index in [1.54, 1.807) is 0 Å². The molecule has 2 bridgehead atoms. The van der Waals surface area contributed by atoms with Gasteiger partial charge in [0.15, 0.2) is 6.10 Å². The van der Waals surface area contributed by atoms with E-state index >= 15 is 13.6 Å². The number of fused-ring (bicyclic) bond motifs is 5. The van der Waals surface area contributed by atoms with Crippen LogP contribution in [0.4, 0.5) is 14.5 Å². The lowest BCUT2D eigenvalue weighted by molar-refractivity contribution is -0.228. The van der Waals surface area contributed by atoms with Gasteiger partial charge in [-0.2, -0.15) is 0 Å². The van der Waals surface area contributed by atoms with Gasteiger partial charge in [0.05, 0.1) is 38.8 Å². The highest BCUT2D eigenvalue weighted by molar-refractivity contribution is 6.10. The number of anilines is 1. The van der Waals surface area contributed by atoms with Crippen molar-refractivity contribution in [2.24, 2.45) is 22.2 Å². The second kappa shape index (κ2) is 13.6. The monoisotopic (exact) mass is 816 g/mol. The quantitative estimate of drug-likeness (QED) is 0.235. The van der Waals surface area contributed by atoms with Crippen molar-refractivity contribution in [3.8, 4) is 5.75 Å². The first-order valence-electron chi connectivity index (χ1n) is 20.8. The van der Waals surface area contributed by atoms with Gasteiger partial charge in [-0.15, -0.1) is 0 Å². The zero-order valence-electron chi connectivity index (χ0n) is 34.8. The number of carbonyl (C=O) groups excluding carboxylic acids is 3. The Morgan fingerprint density at radius 2 is 1.81 bits per heavy atom. The summed E-state index contributed by atoms with van der Waals surface area (Å²) in [4.78, 5) is 54.1. The van der Waals surface area contributed by atoms with E-state index < -0.39 is 63.7 Å². The van der Waals surface area contributed by atoms with E-state index in [9.17, 15) is 14.7 Å². The van der Waals surface area contributed by atoms with Gasteiger partial charge < -0.3 is 29.0 Å². The number of piperidine rings is 1. The second-order valence-corrected chi connectivity index (χ2v) is 18.1. The number of nitrogens with zero attached hydrogens (tertiary/aromatic N) is 4. The van der Waals surface area contributed by atoms with Crippen LogP contribution in [0.5, 0.6) is 5.75 Å². The summed E-state index contributed by atoms with van der Waals surface area (Å²) >= 11 is 0. The Labute approximate surface area is 343 Å². The molecule has 1 saturated carbocycles. The average molecular weight is 817 g/mol. The number of benzene rings is 1. The van der Waals surface area contributed by atoms with Crippen molar-refractivity contribution >= 4 is 29.3 Å². The normalized spacial score (nSPS) is 37.8. The molecule has 3 fully saturated rings. The Morgan fingerprint density at radius 1 is 1.05 bits per heavy atom. The maximum Gasteiger partial charge on any atom is 0.344 e. The van der Waals surface area contributed by atoms with Gasteiger partial charge in [0, 0.05) is 92.3 Å². The van der Waals surface area contributed by atoms with Crippen LogP contribution in [0, 0.1) is 17.3 Å². The van der Waals surface area contributed by atoms with Crippen LogP contribution in [-0.2, 0) is 39.4 Å². The molecule has 1 spiro atoms. The summed E-state index contributed by atoms with van der Waals surface area (Å²) < 4.78 is 54.3. The van der Waals surface area contributed by atoms with Gasteiger partial charge in [-0.1, -0.05) is 37.3 Å². The van der Waals surface area contributed by atoms with Crippen LogP contribution < -0.4 is 9.64 Å². The number of likely N-dealkylation sites (N-methyl/N-ethyl adjacent to an activating group) is 1. The molecule has 0 amide bonds. The molecule has 10 atom stereocenters. The van der Waals surface area contributed by atoms with Crippen molar-refractivity contribution in [1.29, 1.82) is 0 Å². The van der Waals surface area contributed by atoms with E-state index in [4.69, 9.17) is 23.9 Å². The number of aliphatic hydroxyl groups is 1. The fourth-order valence-electron chi connectivity index (χ4n) is 13.3. The van der Waals surface area contributed by atoms with E-state index in [1.165, 1.54) is 28.3 Å². The van der Waals surface area contributed by atoms with E-state index in [2.05, 4.69) is 9.80 Å². The summed E-state index contributed by atoms with van der Waals surface area (Å²) in [5, 5.41) is 13.3. The van der Waals surface area contributed by atoms with Gasteiger partial charge in [-0.25, -0.2) is 13.6 Å². The highest BCUT2D eigenvalue weighted by Crippen LogP contribution is 2.68. The standard InChI is InChI=1S/C45H54F2N4O8/c1-8-42-14-11-16-51-17-15-43(36(42)51)30-19-31(34(56-5)20-33(30)49(4)37(43)45(55,40(54)58-7)38(42)59-25(2)52)44(39(53)57-6)21-26-18-27(41(3,46)47)23-50(22-26)24-29-28-12-9-10-13-32(28)48-35(29)44/h9-12,14,19-20,26-27,36-38,55H,8,13,15-18,21-24H2,1-7H3/t26-,27+,36-,37-,38-,42+,43-,44-,45+/m1/s1. The summed E-state index contributed by atoms with van der Waals surface area (Å²) in [5.74, 6) is -5.97. The van der Waals surface area contributed by atoms with Crippen molar-refractivity contribution in [2.45, 2.75) is 93.4 Å². The molecule has 1 N–H and O–H groups in total. The Bertz CT molecular complexity index is 2180. The highest BCUT2D eigenvalue weighted by atomic mass is 19.3. The molecule has 1 aromatic rings. The predicted octanol–water partition coefficient (Wildman–Crippen LogP) is 4.64. The van der Waals surface area contributed by atoms with Crippen LogP contribution in [0.15, 0.2) is 64.3 Å². The van der Waals surface area contributed by atoms with Crippen molar-refractivity contribution in [2.75, 3.05) is 66.0 Å². The number of esters is 3. The van der Waals surface area contributed by atoms with Crippen LogP contribution in [0.25, 0.3) is 0 Å². The van der Waals surface area contributed by atoms with E-state index in [0.29, 0.717) is 68.1 Å². The number of halogens is 2. The lowest BCUT2D eigenvalue weighted by Crippen LogP contribution is -2.81. The summed E-state index contributed by atoms with van der Waals surface area (Å²) in [5.41, 5.74) is -0.945. The Morgan fingerprint density at radius 3 is 2.49 bits per heavy atom. The molecule has 59 heavy (non-hydrogen) atoms. The third kappa shape index (κ3) is 5.20. The van der Waals surface area contributed by atoms with Gasteiger partial charge >= 0.3 is 17.9 Å². The number of carbonyl (C=O) groups is 3. The van der Waals surface area contributed by atoms with Gasteiger partial charge in [0.2, 0.25) is 11.5 Å². The van der Waals surface area contributed by atoms with Crippen LogP contribution in [-0.4, -0.2) is 129 Å². The fourth-order valence-corrected chi connectivity index (χ4v) is 13.3. The molecule has 9 rings (SSSR count). The lowest BCUT2D eigenvalue weighted by Gasteiger charge is -2.63. The molecule has 0 radical (unpaired) electrons. The van der Waals surface area contributed by atoms with Gasteiger partial charge in [0.1, 0.15) is 11.2 Å². The Hall–Kier alpha value is -4.40. The number of rotatable bonds is 7. The summed E-state index contributed by atoms with van der Waals surface area (Å²) in [6.07, 6.45) is 10.5. The average Bonchev–Trinajstić information content (AvgIpc) is 3.86. The number of allylic oxidation sites excluding steroid dienone is 3. The largest absolute Gasteiger partial charge is 0.496 e. The topological polar surface area (TPSA) is 130 Å². The number of aliphatic imine (C=N–C) groups is 1. The predicted molar refractivity (Wildman–Crippen MR) is 214 cm³/mol. The van der Waals surface area contributed by atoms with Crippen molar-refractivity contribution in [1.82, 2.24) is 9.80 Å². The number of hydrogen-bond donors (Lipinski definition) is 1. The third-order valence-corrected chi connectivity index (χ3v) is 15.3. The molecule has 6 aliphatic heterocycles. The molecule has 0 aromatic heterocycles. The molecule has 14 heteroatoms. The van der Waals surface area contributed by atoms with Crippen LogP contribution in [0.3, 0.4) is 0 Å². The van der Waals surface area contributed by atoms with Crippen LogP contribution >= 0.6 is 0 Å². The van der Waals surface area contributed by atoms with Crippen molar-refractivity contribution in [3.05, 3.63) is 70.5 Å². The molecule has 12 nitrogen and oxygen atoms in total. The first-order chi connectivity index (χ1) is 28.1. The molecule has 316 valence electrons. The zero-order chi connectivity index (χ0) is 42.0. The highest BCUT2D eigenvalue weighted by Gasteiger charge is 2.80. The van der Waals surface area contributed by atoms with Crippen LogP contribution in [0.1, 0.15) is 64.0 Å². The lowest BCUT2D eigenvalue weighted by atomic mass is 9.47. The summed E-state index contributed by atoms with van der Waals surface area (Å²) in [6.45, 7) is 6.52. The van der Waals surface area contributed by atoms with Crippen LogP contribution in [0.2, 0.25) is 0 Å². The maximum absolute atomic E-state index is 15.3. The molecule has 2 aliphatic carbocycles. The number of alkyl halides is 2. The maximum atomic E-state index is 15.3. The molecule has 1 aromatic carbocycles. The molecule has 8 aliphatic rings. The van der Waals surface area contributed by atoms with E-state index in [-0.39, 0.29) is 31.3 Å². The molecule has 2 saturated heterocycles.